The molecule has 0 aliphatic carbocycles. The summed E-state index contributed by atoms with van der Waals surface area (Å²) >= 11 is 0. The van der Waals surface area contributed by atoms with Crippen molar-refractivity contribution in [2.75, 3.05) is 32.4 Å². The molecule has 0 saturated carbocycles. The number of likely N-dealkylation sites (tertiary alicyclic amines) is 1. The van der Waals surface area contributed by atoms with Crippen LogP contribution in [0.4, 0.5) is 0 Å². The summed E-state index contributed by atoms with van der Waals surface area (Å²) in [7, 11) is -1.33. The first-order chi connectivity index (χ1) is 7.46. The number of nitrogens with two attached hydrogens (primary N) is 1. The molecule has 16 heavy (non-hydrogen) atoms. The number of nitrogens with zero attached hydrogens (tertiary/aromatic N) is 1. The summed E-state index contributed by atoms with van der Waals surface area (Å²) < 4.78 is 21.8. The average Bonchev–Trinajstić information content (AvgIpc) is 2.25. The largest absolute Gasteiger partial charge is 0.317 e. The van der Waals surface area contributed by atoms with Crippen LogP contribution in [0.2, 0.25) is 0 Å². The Morgan fingerprint density at radius 2 is 2.19 bits per heavy atom. The molecule has 0 aromatic heterocycles. The Hall–Kier alpha value is -0.170. The number of piperidine rings is 1. The van der Waals surface area contributed by atoms with Crippen LogP contribution in [0.15, 0.2) is 0 Å². The number of hydrogen-bond acceptors (Lipinski definition) is 4. The highest BCUT2D eigenvalue weighted by atomic mass is 32.2. The Labute approximate surface area is 98.4 Å². The molecule has 0 aromatic rings. The predicted molar refractivity (Wildman–Crippen MR) is 65.7 cm³/mol. The normalized spacial score (nSPS) is 28.2. The van der Waals surface area contributed by atoms with E-state index in [0.29, 0.717) is 18.5 Å². The van der Waals surface area contributed by atoms with Gasteiger partial charge in [0.2, 0.25) is 10.0 Å². The smallest absolute Gasteiger partial charge is 0.210 e. The van der Waals surface area contributed by atoms with Crippen molar-refractivity contribution >= 4 is 10.0 Å². The molecule has 1 rings (SSSR count). The second kappa shape index (κ2) is 5.95. The van der Waals surface area contributed by atoms with Crippen LogP contribution in [0.1, 0.15) is 19.8 Å². The van der Waals surface area contributed by atoms with Crippen LogP contribution in [0.5, 0.6) is 0 Å². The molecule has 3 N–H and O–H groups in total. The zero-order chi connectivity index (χ0) is 12.2. The van der Waals surface area contributed by atoms with Gasteiger partial charge in [-0.1, -0.05) is 13.3 Å². The molecular formula is C10H23N3O2S. The number of sulfonamides is 1. The lowest BCUT2D eigenvalue weighted by Gasteiger charge is -2.38. The van der Waals surface area contributed by atoms with E-state index in [4.69, 9.17) is 5.14 Å². The van der Waals surface area contributed by atoms with Gasteiger partial charge >= 0.3 is 0 Å². The van der Waals surface area contributed by atoms with Crippen LogP contribution in [0, 0.1) is 5.92 Å². The van der Waals surface area contributed by atoms with Crippen molar-refractivity contribution in [3.8, 4) is 0 Å². The number of primary sulfonamides is 1. The number of nitrogens with one attached hydrogen (secondary N) is 1. The zero-order valence-electron chi connectivity index (χ0n) is 10.1. The number of rotatable bonds is 5. The Morgan fingerprint density at radius 3 is 2.69 bits per heavy atom. The second-order valence-corrected chi connectivity index (χ2v) is 6.25. The molecule has 2 unspecified atom stereocenters. The highest BCUT2D eigenvalue weighted by Crippen LogP contribution is 2.19. The van der Waals surface area contributed by atoms with Gasteiger partial charge in [0.1, 0.15) is 0 Å². The minimum Gasteiger partial charge on any atom is -0.317 e. The van der Waals surface area contributed by atoms with Crippen LogP contribution < -0.4 is 10.5 Å². The lowest BCUT2D eigenvalue weighted by molar-refractivity contribution is 0.145. The third kappa shape index (κ3) is 4.37. The van der Waals surface area contributed by atoms with Crippen molar-refractivity contribution in [2.24, 2.45) is 11.1 Å². The van der Waals surface area contributed by atoms with E-state index in [-0.39, 0.29) is 5.75 Å². The van der Waals surface area contributed by atoms with E-state index in [1.54, 1.807) is 0 Å². The Balaban J connectivity index is 2.42. The van der Waals surface area contributed by atoms with Crippen molar-refractivity contribution in [3.63, 3.8) is 0 Å². The van der Waals surface area contributed by atoms with Gasteiger partial charge in [-0.05, 0) is 25.9 Å². The molecule has 1 fully saturated rings. The summed E-state index contributed by atoms with van der Waals surface area (Å²) in [6.45, 7) is 4.67. The summed E-state index contributed by atoms with van der Waals surface area (Å²) in [6, 6.07) is 0.565. The maximum absolute atomic E-state index is 10.9. The fourth-order valence-electron chi connectivity index (χ4n) is 2.36. The molecule has 6 heteroatoms. The van der Waals surface area contributed by atoms with Crippen LogP contribution in [-0.4, -0.2) is 51.8 Å². The molecule has 0 bridgehead atoms. The Bertz CT molecular complexity index is 305. The van der Waals surface area contributed by atoms with E-state index in [0.717, 1.165) is 25.9 Å². The van der Waals surface area contributed by atoms with Gasteiger partial charge in [0.05, 0.1) is 5.75 Å². The third-order valence-corrected chi connectivity index (χ3v) is 4.16. The van der Waals surface area contributed by atoms with Gasteiger partial charge in [-0.15, -0.1) is 0 Å². The summed E-state index contributed by atoms with van der Waals surface area (Å²) in [5.74, 6) is 0.674. The molecule has 96 valence electrons. The molecule has 0 radical (unpaired) electrons. The van der Waals surface area contributed by atoms with Gasteiger partial charge in [-0.2, -0.15) is 0 Å². The van der Waals surface area contributed by atoms with Crippen molar-refractivity contribution in [1.82, 2.24) is 10.2 Å². The summed E-state index contributed by atoms with van der Waals surface area (Å²) in [4.78, 5) is 2.20. The summed E-state index contributed by atoms with van der Waals surface area (Å²) in [5, 5.41) is 8.33. The van der Waals surface area contributed by atoms with Gasteiger partial charge in [-0.3, -0.25) is 0 Å². The monoisotopic (exact) mass is 249 g/mol. The van der Waals surface area contributed by atoms with Crippen molar-refractivity contribution < 1.29 is 8.42 Å². The maximum atomic E-state index is 10.9. The Morgan fingerprint density at radius 1 is 1.50 bits per heavy atom. The molecular weight excluding hydrogens is 226 g/mol. The van der Waals surface area contributed by atoms with E-state index in [1.807, 2.05) is 7.05 Å². The minimum atomic E-state index is -3.32. The van der Waals surface area contributed by atoms with Crippen LogP contribution in [0.3, 0.4) is 0 Å². The first-order valence-electron chi connectivity index (χ1n) is 5.86. The first kappa shape index (κ1) is 13.9. The van der Waals surface area contributed by atoms with Crippen molar-refractivity contribution in [2.45, 2.75) is 25.8 Å². The van der Waals surface area contributed by atoms with E-state index in [9.17, 15) is 8.42 Å². The molecule has 5 nitrogen and oxygen atoms in total. The zero-order valence-corrected chi connectivity index (χ0v) is 11.0. The molecule has 1 heterocycles. The molecule has 0 amide bonds. The van der Waals surface area contributed by atoms with E-state index in [1.165, 1.54) is 0 Å². The SMILES string of the molecule is CCC1CN(CCS(N)(=O)=O)CCC1NC. The van der Waals surface area contributed by atoms with Crippen LogP contribution in [0.25, 0.3) is 0 Å². The van der Waals surface area contributed by atoms with E-state index in [2.05, 4.69) is 17.1 Å². The molecule has 1 aliphatic heterocycles. The van der Waals surface area contributed by atoms with Gasteiger partial charge in [0, 0.05) is 19.1 Å². The molecule has 1 aliphatic rings. The average molecular weight is 249 g/mol. The maximum Gasteiger partial charge on any atom is 0.210 e. The predicted octanol–water partition coefficient (Wildman–Crippen LogP) is -0.405. The highest BCUT2D eigenvalue weighted by Gasteiger charge is 2.26. The minimum absolute atomic E-state index is 0.0631. The standard InChI is InChI=1S/C10H23N3O2S/c1-3-9-8-13(5-4-10(9)12-2)6-7-16(11,14)15/h9-10,12H,3-8H2,1-2H3,(H2,11,14,15). The van der Waals surface area contributed by atoms with Crippen molar-refractivity contribution in [3.05, 3.63) is 0 Å². The van der Waals surface area contributed by atoms with Crippen molar-refractivity contribution in [1.29, 1.82) is 0 Å². The highest BCUT2D eigenvalue weighted by molar-refractivity contribution is 7.89. The molecule has 1 saturated heterocycles. The quantitative estimate of drug-likeness (QED) is 0.695. The van der Waals surface area contributed by atoms with Crippen LogP contribution >= 0.6 is 0 Å². The Kier molecular flexibility index (Phi) is 5.17. The van der Waals surface area contributed by atoms with Crippen LogP contribution in [-0.2, 0) is 10.0 Å². The fraction of sp³-hybridized carbons (Fsp3) is 1.00. The lowest BCUT2D eigenvalue weighted by Crippen LogP contribution is -2.49. The third-order valence-electron chi connectivity index (χ3n) is 3.41. The van der Waals surface area contributed by atoms with Gasteiger partial charge < -0.3 is 10.2 Å². The topological polar surface area (TPSA) is 75.4 Å². The van der Waals surface area contributed by atoms with E-state index >= 15 is 0 Å². The van der Waals surface area contributed by atoms with Gasteiger partial charge in [-0.25, -0.2) is 13.6 Å². The molecule has 0 aromatic carbocycles. The second-order valence-electron chi connectivity index (χ2n) is 4.52. The van der Waals surface area contributed by atoms with Gasteiger partial charge in [0.15, 0.2) is 0 Å². The first-order valence-corrected chi connectivity index (χ1v) is 7.58. The summed E-state index contributed by atoms with van der Waals surface area (Å²) in [5.41, 5.74) is 0. The fourth-order valence-corrected chi connectivity index (χ4v) is 2.87. The van der Waals surface area contributed by atoms with E-state index < -0.39 is 10.0 Å². The molecule has 2 atom stereocenters. The molecule has 0 spiro atoms. The number of hydrogen-bond donors (Lipinski definition) is 2. The summed E-state index contributed by atoms with van der Waals surface area (Å²) in [6.07, 6.45) is 2.21. The van der Waals surface area contributed by atoms with Gasteiger partial charge in [0.25, 0.3) is 0 Å². The lowest BCUT2D eigenvalue weighted by atomic mass is 9.90.